The quantitative estimate of drug-likeness (QED) is 0.616. The van der Waals surface area contributed by atoms with Crippen LogP contribution in [0.2, 0.25) is 0 Å². The fourth-order valence-corrected chi connectivity index (χ4v) is 2.44. The number of hydrogen-bond donors (Lipinski definition) is 1. The standard InChI is InChI=1S/C22H20O5/c1-14-4-8-17(9-5-14)26-19-12-16(22(24)25-3)13-20(21(19)23)27-18-10-6-15(2)7-11-18/h4-13,23H,1-3H3. The molecule has 3 rings (SSSR count). The van der Waals surface area contributed by atoms with Crippen LogP contribution in [0.1, 0.15) is 21.5 Å². The van der Waals surface area contributed by atoms with Crippen LogP contribution in [-0.4, -0.2) is 18.2 Å². The van der Waals surface area contributed by atoms with Gasteiger partial charge in [0.25, 0.3) is 0 Å². The molecular weight excluding hydrogens is 344 g/mol. The van der Waals surface area contributed by atoms with Gasteiger partial charge in [-0.2, -0.15) is 0 Å². The summed E-state index contributed by atoms with van der Waals surface area (Å²) in [5, 5.41) is 10.6. The number of rotatable bonds is 5. The topological polar surface area (TPSA) is 65.0 Å². The molecule has 138 valence electrons. The van der Waals surface area contributed by atoms with Gasteiger partial charge in [-0.1, -0.05) is 35.4 Å². The molecular formula is C22H20O5. The number of hydrogen-bond acceptors (Lipinski definition) is 5. The molecule has 0 atom stereocenters. The molecule has 0 saturated carbocycles. The van der Waals surface area contributed by atoms with E-state index in [-0.39, 0.29) is 22.8 Å². The van der Waals surface area contributed by atoms with Gasteiger partial charge in [0.2, 0.25) is 5.75 Å². The summed E-state index contributed by atoms with van der Waals surface area (Å²) < 4.78 is 16.3. The minimum absolute atomic E-state index is 0.101. The highest BCUT2D eigenvalue weighted by Gasteiger charge is 2.18. The molecule has 0 radical (unpaired) electrons. The second-order valence-corrected chi connectivity index (χ2v) is 6.14. The van der Waals surface area contributed by atoms with Crippen molar-refractivity contribution in [2.45, 2.75) is 13.8 Å². The van der Waals surface area contributed by atoms with Crippen molar-refractivity contribution in [1.29, 1.82) is 0 Å². The number of esters is 1. The minimum Gasteiger partial charge on any atom is -0.502 e. The lowest BCUT2D eigenvalue weighted by Gasteiger charge is -2.14. The van der Waals surface area contributed by atoms with Crippen LogP contribution in [0.5, 0.6) is 28.7 Å². The van der Waals surface area contributed by atoms with Crippen LogP contribution in [0.25, 0.3) is 0 Å². The SMILES string of the molecule is COC(=O)c1cc(Oc2ccc(C)cc2)c(O)c(Oc2ccc(C)cc2)c1. The van der Waals surface area contributed by atoms with Crippen LogP contribution < -0.4 is 9.47 Å². The lowest BCUT2D eigenvalue weighted by molar-refractivity contribution is 0.0600. The summed E-state index contributed by atoms with van der Waals surface area (Å²) >= 11 is 0. The maximum absolute atomic E-state index is 12.0. The number of phenolic OH excluding ortho intramolecular Hbond substituents is 1. The smallest absolute Gasteiger partial charge is 0.338 e. The Hall–Kier alpha value is -3.47. The third kappa shape index (κ3) is 4.39. The molecule has 27 heavy (non-hydrogen) atoms. The van der Waals surface area contributed by atoms with Crippen molar-refractivity contribution in [2.75, 3.05) is 7.11 Å². The third-order valence-corrected chi connectivity index (χ3v) is 3.96. The Labute approximate surface area is 157 Å². The third-order valence-electron chi connectivity index (χ3n) is 3.96. The number of aromatic hydroxyl groups is 1. The largest absolute Gasteiger partial charge is 0.502 e. The fraction of sp³-hybridized carbons (Fsp3) is 0.136. The van der Waals surface area contributed by atoms with Crippen molar-refractivity contribution in [3.8, 4) is 28.7 Å². The van der Waals surface area contributed by atoms with Crippen molar-refractivity contribution >= 4 is 5.97 Å². The van der Waals surface area contributed by atoms with E-state index in [9.17, 15) is 9.90 Å². The molecule has 0 aromatic heterocycles. The zero-order valence-corrected chi connectivity index (χ0v) is 15.4. The van der Waals surface area contributed by atoms with Gasteiger partial charge in [0.15, 0.2) is 11.5 Å². The highest BCUT2D eigenvalue weighted by atomic mass is 16.5. The average Bonchev–Trinajstić information content (AvgIpc) is 2.67. The zero-order chi connectivity index (χ0) is 19.4. The van der Waals surface area contributed by atoms with Crippen LogP contribution in [-0.2, 0) is 4.74 Å². The van der Waals surface area contributed by atoms with E-state index >= 15 is 0 Å². The Kier molecular flexibility index (Phi) is 5.31. The van der Waals surface area contributed by atoms with E-state index in [0.717, 1.165) is 11.1 Å². The number of phenols is 1. The van der Waals surface area contributed by atoms with Gasteiger partial charge in [-0.05, 0) is 50.2 Å². The first-order valence-electron chi connectivity index (χ1n) is 8.40. The predicted octanol–water partition coefficient (Wildman–Crippen LogP) is 5.38. The Morgan fingerprint density at radius 3 is 1.56 bits per heavy atom. The molecule has 5 heteroatoms. The molecule has 0 saturated heterocycles. The Morgan fingerprint density at radius 1 is 0.778 bits per heavy atom. The summed E-state index contributed by atoms with van der Waals surface area (Å²) in [4.78, 5) is 12.0. The van der Waals surface area contributed by atoms with E-state index in [4.69, 9.17) is 14.2 Å². The van der Waals surface area contributed by atoms with E-state index in [2.05, 4.69) is 0 Å². The van der Waals surface area contributed by atoms with Gasteiger partial charge in [0, 0.05) is 0 Å². The van der Waals surface area contributed by atoms with Crippen LogP contribution in [0.3, 0.4) is 0 Å². The van der Waals surface area contributed by atoms with Crippen molar-refractivity contribution in [3.63, 3.8) is 0 Å². The summed E-state index contributed by atoms with van der Waals surface area (Å²) in [7, 11) is 1.29. The molecule has 0 heterocycles. The number of benzene rings is 3. The van der Waals surface area contributed by atoms with Gasteiger partial charge in [-0.15, -0.1) is 0 Å². The fourth-order valence-electron chi connectivity index (χ4n) is 2.44. The maximum atomic E-state index is 12.0. The number of methoxy groups -OCH3 is 1. The lowest BCUT2D eigenvalue weighted by atomic mass is 10.1. The van der Waals surface area contributed by atoms with E-state index in [0.29, 0.717) is 11.5 Å². The molecule has 0 spiro atoms. The molecule has 3 aromatic rings. The molecule has 0 unspecified atom stereocenters. The van der Waals surface area contributed by atoms with Crippen molar-refractivity contribution in [1.82, 2.24) is 0 Å². The summed E-state index contributed by atoms with van der Waals surface area (Å²) in [6.07, 6.45) is 0. The molecule has 1 N–H and O–H groups in total. The first kappa shape index (κ1) is 18.3. The van der Waals surface area contributed by atoms with E-state index in [1.54, 1.807) is 24.3 Å². The Morgan fingerprint density at radius 2 is 1.19 bits per heavy atom. The zero-order valence-electron chi connectivity index (χ0n) is 15.4. The van der Waals surface area contributed by atoms with Crippen molar-refractivity contribution in [2.24, 2.45) is 0 Å². The predicted molar refractivity (Wildman–Crippen MR) is 102 cm³/mol. The van der Waals surface area contributed by atoms with Crippen LogP contribution >= 0.6 is 0 Å². The second kappa shape index (κ2) is 7.83. The molecule has 3 aromatic carbocycles. The van der Waals surface area contributed by atoms with Gasteiger partial charge in [-0.25, -0.2) is 4.79 Å². The molecule has 0 amide bonds. The monoisotopic (exact) mass is 364 g/mol. The number of carbonyl (C=O) groups excluding carboxylic acids is 1. The van der Waals surface area contributed by atoms with E-state index < -0.39 is 5.97 Å². The van der Waals surface area contributed by atoms with Crippen LogP contribution in [0.15, 0.2) is 60.7 Å². The Bertz CT molecular complexity index is 875. The first-order valence-corrected chi connectivity index (χ1v) is 8.40. The highest BCUT2D eigenvalue weighted by Crippen LogP contribution is 2.42. The minimum atomic E-state index is -0.558. The number of carbonyl (C=O) groups is 1. The molecule has 0 aliphatic heterocycles. The van der Waals surface area contributed by atoms with Crippen LogP contribution in [0, 0.1) is 13.8 Å². The van der Waals surface area contributed by atoms with Gasteiger partial charge in [-0.3, -0.25) is 0 Å². The van der Waals surface area contributed by atoms with Gasteiger partial charge in [0.1, 0.15) is 11.5 Å². The molecule has 0 aliphatic carbocycles. The summed E-state index contributed by atoms with van der Waals surface area (Å²) in [5.74, 6) is 0.493. The Balaban J connectivity index is 1.99. The molecule has 5 nitrogen and oxygen atoms in total. The van der Waals surface area contributed by atoms with E-state index in [1.165, 1.54) is 19.2 Å². The second-order valence-electron chi connectivity index (χ2n) is 6.14. The highest BCUT2D eigenvalue weighted by molar-refractivity contribution is 5.91. The van der Waals surface area contributed by atoms with Crippen LogP contribution in [0.4, 0.5) is 0 Å². The van der Waals surface area contributed by atoms with Gasteiger partial charge >= 0.3 is 5.97 Å². The molecule has 0 fully saturated rings. The average molecular weight is 364 g/mol. The molecule has 0 bridgehead atoms. The van der Waals surface area contributed by atoms with Gasteiger partial charge < -0.3 is 19.3 Å². The lowest BCUT2D eigenvalue weighted by Crippen LogP contribution is -2.02. The maximum Gasteiger partial charge on any atom is 0.338 e. The first-order chi connectivity index (χ1) is 13.0. The summed E-state index contributed by atoms with van der Waals surface area (Å²) in [5.41, 5.74) is 2.37. The summed E-state index contributed by atoms with van der Waals surface area (Å²) in [6.45, 7) is 3.93. The molecule has 0 aliphatic rings. The number of aryl methyl sites for hydroxylation is 2. The summed E-state index contributed by atoms with van der Waals surface area (Å²) in [6, 6.07) is 17.5. The normalized spacial score (nSPS) is 10.3. The van der Waals surface area contributed by atoms with Gasteiger partial charge in [0.05, 0.1) is 12.7 Å². The van der Waals surface area contributed by atoms with Crippen molar-refractivity contribution in [3.05, 3.63) is 77.4 Å². The van der Waals surface area contributed by atoms with Crippen molar-refractivity contribution < 1.29 is 24.1 Å². The van der Waals surface area contributed by atoms with E-state index in [1.807, 2.05) is 38.1 Å². The number of ether oxygens (including phenoxy) is 3.